The van der Waals surface area contributed by atoms with E-state index in [0.717, 1.165) is 6.42 Å². The summed E-state index contributed by atoms with van der Waals surface area (Å²) in [6.45, 7) is 2.33. The zero-order chi connectivity index (χ0) is 21.3. The van der Waals surface area contributed by atoms with E-state index in [1.165, 1.54) is 0 Å². The Kier molecular flexibility index (Phi) is 5.46. The molecule has 7 heteroatoms. The number of hydrogen-bond acceptors (Lipinski definition) is 7. The van der Waals surface area contributed by atoms with Crippen molar-refractivity contribution in [3.63, 3.8) is 0 Å². The van der Waals surface area contributed by atoms with E-state index in [1.807, 2.05) is 0 Å². The first-order valence-corrected chi connectivity index (χ1v) is 9.64. The Morgan fingerprint density at radius 1 is 1.13 bits per heavy atom. The minimum Gasteiger partial charge on any atom is -0.497 e. The lowest BCUT2D eigenvalue weighted by atomic mass is 10.0. The van der Waals surface area contributed by atoms with Crippen LogP contribution in [0.5, 0.6) is 23.0 Å². The minimum absolute atomic E-state index is 0.155. The average molecular weight is 410 g/mol. The molecule has 2 aromatic rings. The second-order valence-corrected chi connectivity index (χ2v) is 7.08. The molecule has 0 saturated carbocycles. The lowest BCUT2D eigenvalue weighted by Crippen LogP contribution is -2.24. The number of fused-ring (bicyclic) bond motifs is 1. The molecule has 0 aromatic heterocycles. The summed E-state index contributed by atoms with van der Waals surface area (Å²) in [5, 5.41) is 0. The third-order valence-corrected chi connectivity index (χ3v) is 5.08. The van der Waals surface area contributed by atoms with Gasteiger partial charge in [-0.25, -0.2) is 4.79 Å². The smallest absolute Gasteiger partial charge is 0.340 e. The van der Waals surface area contributed by atoms with Gasteiger partial charge in [0.05, 0.1) is 19.8 Å². The van der Waals surface area contributed by atoms with Crippen LogP contribution in [0.4, 0.5) is 0 Å². The van der Waals surface area contributed by atoms with Crippen LogP contribution in [0.2, 0.25) is 0 Å². The Labute approximate surface area is 174 Å². The number of ether oxygens (including phenoxy) is 5. The molecule has 2 heterocycles. The minimum atomic E-state index is -0.544. The van der Waals surface area contributed by atoms with Crippen molar-refractivity contribution in [1.29, 1.82) is 0 Å². The van der Waals surface area contributed by atoms with Gasteiger partial charge in [0.1, 0.15) is 23.0 Å². The Morgan fingerprint density at radius 3 is 2.67 bits per heavy atom. The molecule has 4 rings (SSSR count). The van der Waals surface area contributed by atoms with Gasteiger partial charge in [0.25, 0.3) is 0 Å². The van der Waals surface area contributed by atoms with Crippen molar-refractivity contribution in [3.05, 3.63) is 52.8 Å². The van der Waals surface area contributed by atoms with E-state index in [2.05, 4.69) is 0 Å². The van der Waals surface area contributed by atoms with Gasteiger partial charge in [0, 0.05) is 18.2 Å². The van der Waals surface area contributed by atoms with Gasteiger partial charge in [-0.3, -0.25) is 4.79 Å². The molecule has 1 atom stereocenters. The number of carbonyl (C=O) groups excluding carboxylic acids is 2. The van der Waals surface area contributed by atoms with Crippen LogP contribution < -0.4 is 18.9 Å². The van der Waals surface area contributed by atoms with Crippen molar-refractivity contribution in [2.24, 2.45) is 0 Å². The first-order chi connectivity index (χ1) is 14.5. The Morgan fingerprint density at radius 2 is 1.97 bits per heavy atom. The molecule has 0 aliphatic carbocycles. The van der Waals surface area contributed by atoms with Crippen LogP contribution in [-0.2, 0) is 9.53 Å². The highest BCUT2D eigenvalue weighted by Gasteiger charge is 2.31. The molecule has 0 radical (unpaired) electrons. The topological polar surface area (TPSA) is 80.3 Å². The Bertz CT molecular complexity index is 1030. The molecule has 1 fully saturated rings. The molecule has 30 heavy (non-hydrogen) atoms. The van der Waals surface area contributed by atoms with Gasteiger partial charge in [0.2, 0.25) is 5.78 Å². The van der Waals surface area contributed by atoms with Gasteiger partial charge in [-0.2, -0.15) is 0 Å². The number of carbonyl (C=O) groups is 2. The van der Waals surface area contributed by atoms with Crippen molar-refractivity contribution >= 4 is 17.8 Å². The van der Waals surface area contributed by atoms with Gasteiger partial charge in [-0.15, -0.1) is 0 Å². The second kappa shape index (κ2) is 8.20. The Hall–Kier alpha value is -3.32. The van der Waals surface area contributed by atoms with Crippen LogP contribution in [0, 0.1) is 6.92 Å². The van der Waals surface area contributed by atoms with E-state index >= 15 is 0 Å². The highest BCUT2D eigenvalue weighted by molar-refractivity contribution is 6.15. The summed E-state index contributed by atoms with van der Waals surface area (Å²) in [7, 11) is 3.11. The third kappa shape index (κ3) is 3.76. The fourth-order valence-corrected chi connectivity index (χ4v) is 3.58. The number of ketones is 1. The van der Waals surface area contributed by atoms with Crippen LogP contribution >= 0.6 is 0 Å². The fourth-order valence-electron chi connectivity index (χ4n) is 3.58. The largest absolute Gasteiger partial charge is 0.497 e. The molecule has 0 spiro atoms. The standard InChI is InChI=1S/C23H22O7/c1-13-9-16(29-23(25)18-5-4-8-28-18)12-19-21(13)22(24)20(30-19)11-14-10-15(26-2)6-7-17(14)27-3/h6-7,9-12,18H,4-5,8H2,1-3H3/b20-11-. The molecular weight excluding hydrogens is 388 g/mol. The van der Waals surface area contributed by atoms with Crippen LogP contribution in [0.3, 0.4) is 0 Å². The number of rotatable bonds is 5. The SMILES string of the molecule is COc1ccc(OC)c(/C=C2\Oc3cc(OC(=O)C4CCCO4)cc(C)c3C2=O)c1. The zero-order valence-electron chi connectivity index (χ0n) is 17.0. The number of methoxy groups -OCH3 is 2. The number of aryl methyl sites for hydroxylation is 1. The molecule has 0 amide bonds. The van der Waals surface area contributed by atoms with Crippen LogP contribution in [0.15, 0.2) is 36.1 Å². The molecule has 1 saturated heterocycles. The van der Waals surface area contributed by atoms with E-state index < -0.39 is 12.1 Å². The number of benzene rings is 2. The zero-order valence-corrected chi connectivity index (χ0v) is 17.0. The van der Waals surface area contributed by atoms with E-state index in [4.69, 9.17) is 23.7 Å². The van der Waals surface area contributed by atoms with Gasteiger partial charge < -0.3 is 23.7 Å². The van der Waals surface area contributed by atoms with Crippen LogP contribution in [0.1, 0.15) is 34.3 Å². The van der Waals surface area contributed by atoms with Gasteiger partial charge >= 0.3 is 5.97 Å². The Balaban J connectivity index is 1.62. The maximum absolute atomic E-state index is 12.9. The quantitative estimate of drug-likeness (QED) is 0.422. The van der Waals surface area contributed by atoms with Crippen molar-refractivity contribution < 1.29 is 33.3 Å². The summed E-state index contributed by atoms with van der Waals surface area (Å²) in [6, 6.07) is 8.49. The van der Waals surface area contributed by atoms with Gasteiger partial charge in [-0.1, -0.05) is 0 Å². The van der Waals surface area contributed by atoms with Crippen molar-refractivity contribution in [2.45, 2.75) is 25.9 Å². The molecule has 2 aliphatic heterocycles. The van der Waals surface area contributed by atoms with Crippen molar-refractivity contribution in [1.82, 2.24) is 0 Å². The average Bonchev–Trinajstić information content (AvgIpc) is 3.37. The molecule has 1 unspecified atom stereocenters. The van der Waals surface area contributed by atoms with E-state index in [1.54, 1.807) is 57.6 Å². The first kappa shape index (κ1) is 20.0. The van der Waals surface area contributed by atoms with Crippen LogP contribution in [0.25, 0.3) is 6.08 Å². The summed E-state index contributed by atoms with van der Waals surface area (Å²) in [6.07, 6.45) is 2.55. The summed E-state index contributed by atoms with van der Waals surface area (Å²) in [5.41, 5.74) is 1.75. The molecular formula is C23H22O7. The summed E-state index contributed by atoms with van der Waals surface area (Å²) in [4.78, 5) is 25.2. The highest BCUT2D eigenvalue weighted by atomic mass is 16.6. The third-order valence-electron chi connectivity index (χ3n) is 5.08. The molecule has 0 N–H and O–H groups in total. The summed E-state index contributed by atoms with van der Waals surface area (Å²) in [5.74, 6) is 1.35. The fraction of sp³-hybridized carbons (Fsp3) is 0.304. The van der Waals surface area contributed by atoms with E-state index in [0.29, 0.717) is 52.7 Å². The molecule has 156 valence electrons. The van der Waals surface area contributed by atoms with Crippen LogP contribution in [-0.4, -0.2) is 38.7 Å². The maximum atomic E-state index is 12.9. The molecule has 2 aliphatic rings. The van der Waals surface area contributed by atoms with Gasteiger partial charge in [0.15, 0.2) is 11.9 Å². The summed E-state index contributed by atoms with van der Waals surface area (Å²) < 4.78 is 27.2. The van der Waals surface area contributed by atoms with Crippen molar-refractivity contribution in [3.8, 4) is 23.0 Å². The number of hydrogen-bond donors (Lipinski definition) is 0. The monoisotopic (exact) mass is 410 g/mol. The normalized spacial score (nSPS) is 18.8. The van der Waals surface area contributed by atoms with Gasteiger partial charge in [-0.05, 0) is 55.7 Å². The number of Topliss-reactive ketones (excluding diaryl/α,β-unsaturated/α-hetero) is 1. The number of esters is 1. The van der Waals surface area contributed by atoms with E-state index in [9.17, 15) is 9.59 Å². The lowest BCUT2D eigenvalue weighted by molar-refractivity contribution is -0.144. The number of allylic oxidation sites excluding steroid dienone is 1. The highest BCUT2D eigenvalue weighted by Crippen LogP contribution is 2.38. The predicted octanol–water partition coefficient (Wildman–Crippen LogP) is 3.71. The lowest BCUT2D eigenvalue weighted by Gasteiger charge is -2.11. The predicted molar refractivity (Wildman–Crippen MR) is 108 cm³/mol. The van der Waals surface area contributed by atoms with E-state index in [-0.39, 0.29) is 11.5 Å². The second-order valence-electron chi connectivity index (χ2n) is 7.08. The molecule has 2 aromatic carbocycles. The molecule has 7 nitrogen and oxygen atoms in total. The molecule has 0 bridgehead atoms. The van der Waals surface area contributed by atoms with Crippen molar-refractivity contribution in [2.75, 3.05) is 20.8 Å². The maximum Gasteiger partial charge on any atom is 0.340 e. The summed E-state index contributed by atoms with van der Waals surface area (Å²) >= 11 is 0. The first-order valence-electron chi connectivity index (χ1n) is 9.64.